The lowest BCUT2D eigenvalue weighted by atomic mass is 10.1. The third kappa shape index (κ3) is 19.9. The molecule has 1 aliphatic rings. The van der Waals surface area contributed by atoms with Crippen LogP contribution in [0, 0.1) is 6.92 Å². The van der Waals surface area contributed by atoms with E-state index < -0.39 is 66.0 Å². The Hall–Kier alpha value is -1.21. The molecule has 2 atom stereocenters. The summed E-state index contributed by atoms with van der Waals surface area (Å²) in [6, 6.07) is 0. The molecular formula is C10H21F2N2O16P3. The smallest absolute Gasteiger partial charge is 0.393 e. The van der Waals surface area contributed by atoms with Crippen molar-refractivity contribution < 1.29 is 76.4 Å². The van der Waals surface area contributed by atoms with Crippen LogP contribution in [0.4, 0.5) is 8.78 Å². The Morgan fingerprint density at radius 1 is 1.00 bits per heavy atom. The van der Waals surface area contributed by atoms with E-state index in [2.05, 4.69) is 0 Å². The molecule has 11 N–H and O–H groups in total. The van der Waals surface area contributed by atoms with Crippen molar-refractivity contribution in [2.75, 3.05) is 6.61 Å². The number of aromatic amines is 1. The van der Waals surface area contributed by atoms with Crippen molar-refractivity contribution in [1.29, 1.82) is 0 Å². The van der Waals surface area contributed by atoms with Gasteiger partial charge in [-0.1, -0.05) is 0 Å². The summed E-state index contributed by atoms with van der Waals surface area (Å²) in [6.45, 7) is 0.617. The van der Waals surface area contributed by atoms with Gasteiger partial charge in [0.1, 0.15) is 12.3 Å². The van der Waals surface area contributed by atoms with Gasteiger partial charge in [0, 0.05) is 11.8 Å². The van der Waals surface area contributed by atoms with Crippen LogP contribution in [-0.4, -0.2) is 77.3 Å². The first-order chi connectivity index (χ1) is 14.3. The van der Waals surface area contributed by atoms with Crippen molar-refractivity contribution in [1.82, 2.24) is 9.55 Å². The Morgan fingerprint density at radius 3 is 1.67 bits per heavy atom. The molecule has 2 rings (SSSR count). The zero-order valence-corrected chi connectivity index (χ0v) is 18.8. The molecule has 1 fully saturated rings. The van der Waals surface area contributed by atoms with Gasteiger partial charge >= 0.3 is 29.2 Å². The lowest BCUT2D eigenvalue weighted by Gasteiger charge is -2.14. The Morgan fingerprint density at radius 2 is 1.36 bits per heavy atom. The maximum Gasteiger partial charge on any atom is 0.466 e. The van der Waals surface area contributed by atoms with Gasteiger partial charge in [0.15, 0.2) is 0 Å². The number of aliphatic hydroxyl groups is 1. The molecule has 0 radical (unpaired) electrons. The summed E-state index contributed by atoms with van der Waals surface area (Å²) in [5.74, 6) is -3.21. The number of alkyl halides is 2. The van der Waals surface area contributed by atoms with E-state index in [-0.39, 0.29) is 5.56 Å². The molecule has 0 amide bonds. The zero-order chi connectivity index (χ0) is 27.0. The van der Waals surface area contributed by atoms with Crippen molar-refractivity contribution in [3.05, 3.63) is 32.6 Å². The first-order valence-electron chi connectivity index (χ1n) is 7.66. The van der Waals surface area contributed by atoms with E-state index in [1.165, 1.54) is 13.1 Å². The molecule has 1 saturated heterocycles. The number of ether oxygens (including phenoxy) is 1. The van der Waals surface area contributed by atoms with E-state index in [0.29, 0.717) is 0 Å². The minimum Gasteiger partial charge on any atom is -0.393 e. The van der Waals surface area contributed by atoms with Gasteiger partial charge in [-0.15, -0.1) is 0 Å². The Labute approximate surface area is 181 Å². The summed E-state index contributed by atoms with van der Waals surface area (Å²) in [5.41, 5.74) is -1.17. The van der Waals surface area contributed by atoms with Crippen LogP contribution in [0.15, 0.2) is 15.8 Å². The molecule has 0 saturated carbocycles. The second-order valence-electron chi connectivity index (χ2n) is 5.75. The number of nitrogens with one attached hydrogen (secondary N) is 1. The number of aliphatic hydroxyl groups excluding tert-OH is 1. The van der Waals surface area contributed by atoms with Crippen LogP contribution in [0.25, 0.3) is 0 Å². The molecule has 1 aromatic heterocycles. The second kappa shape index (κ2) is 13.0. The van der Waals surface area contributed by atoms with Crippen LogP contribution in [0.2, 0.25) is 0 Å². The molecule has 0 spiro atoms. The minimum atomic E-state index is -4.64. The predicted molar refractivity (Wildman–Crippen MR) is 99.4 cm³/mol. The van der Waals surface area contributed by atoms with Crippen molar-refractivity contribution in [2.24, 2.45) is 0 Å². The molecule has 0 aromatic carbocycles. The molecule has 1 aliphatic heterocycles. The SMILES string of the molecule is Cc1cn([C@H]2CC(F)(F)[C@@H](CO)O2)c(=O)[nH]c1=O.O=P(O)(O)O.O=P(O)(O)O.O=P(O)(O)O. The van der Waals surface area contributed by atoms with Gasteiger partial charge in [0.2, 0.25) is 0 Å². The van der Waals surface area contributed by atoms with Gasteiger partial charge < -0.3 is 53.9 Å². The lowest BCUT2D eigenvalue weighted by molar-refractivity contribution is -0.102. The maximum absolute atomic E-state index is 13.4. The van der Waals surface area contributed by atoms with E-state index in [4.69, 9.17) is 67.6 Å². The fourth-order valence-corrected chi connectivity index (χ4v) is 1.84. The Kier molecular flexibility index (Phi) is 13.4. The molecular weight excluding hydrogens is 535 g/mol. The van der Waals surface area contributed by atoms with Crippen LogP contribution in [0.1, 0.15) is 18.2 Å². The molecule has 0 unspecified atom stereocenters. The monoisotopic (exact) mass is 556 g/mol. The van der Waals surface area contributed by atoms with Gasteiger partial charge in [-0.2, -0.15) is 0 Å². The highest BCUT2D eigenvalue weighted by Crippen LogP contribution is 2.39. The van der Waals surface area contributed by atoms with Crippen molar-refractivity contribution >= 4 is 23.5 Å². The average Bonchev–Trinajstić information content (AvgIpc) is 2.80. The van der Waals surface area contributed by atoms with Crippen LogP contribution in [0.3, 0.4) is 0 Å². The minimum absolute atomic E-state index is 0.217. The third-order valence-electron chi connectivity index (χ3n) is 2.86. The van der Waals surface area contributed by atoms with E-state index in [1.54, 1.807) is 0 Å². The summed E-state index contributed by atoms with van der Waals surface area (Å²) >= 11 is 0. The van der Waals surface area contributed by atoms with Crippen LogP contribution < -0.4 is 11.2 Å². The standard InChI is InChI=1S/C10H12F2N2O4.3H3O4P/c1-5-3-14(9(17)13-8(5)16)7-2-10(11,12)6(4-15)18-7;3*1-5(2,3)4/h3,6-7,15H,2,4H2,1H3,(H,13,16,17);3*(H3,1,2,3,4)/t6-,7-;;;/m1.../s1. The number of hydrogen-bond donors (Lipinski definition) is 11. The second-order valence-corrected chi connectivity index (χ2v) is 8.83. The molecule has 0 bridgehead atoms. The van der Waals surface area contributed by atoms with Crippen molar-refractivity contribution in [3.63, 3.8) is 0 Å². The first-order valence-corrected chi connectivity index (χ1v) is 12.4. The maximum atomic E-state index is 13.4. The van der Waals surface area contributed by atoms with Gasteiger partial charge in [0.25, 0.3) is 11.5 Å². The van der Waals surface area contributed by atoms with E-state index in [0.717, 1.165) is 4.57 Å². The summed E-state index contributed by atoms with van der Waals surface area (Å²) < 4.78 is 59.2. The Balaban J connectivity index is 0. The fraction of sp³-hybridized carbons (Fsp3) is 0.600. The van der Waals surface area contributed by atoms with E-state index >= 15 is 0 Å². The molecule has 23 heteroatoms. The average molecular weight is 556 g/mol. The number of rotatable bonds is 2. The number of aromatic nitrogens is 2. The van der Waals surface area contributed by atoms with E-state index in [9.17, 15) is 18.4 Å². The summed E-state index contributed by atoms with van der Waals surface area (Å²) in [5, 5.41) is 8.78. The largest absolute Gasteiger partial charge is 0.466 e. The third-order valence-corrected chi connectivity index (χ3v) is 2.86. The highest BCUT2D eigenvalue weighted by atomic mass is 31.2. The quantitative estimate of drug-likeness (QED) is 0.161. The van der Waals surface area contributed by atoms with Crippen LogP contribution in [0.5, 0.6) is 0 Å². The first kappa shape index (κ1) is 34.0. The van der Waals surface area contributed by atoms with Crippen LogP contribution >= 0.6 is 23.5 Å². The van der Waals surface area contributed by atoms with Gasteiger partial charge in [0.05, 0.1) is 13.0 Å². The number of nitrogens with zero attached hydrogens (tertiary/aromatic N) is 1. The summed E-state index contributed by atoms with van der Waals surface area (Å²) in [6.07, 6.45) is -2.38. The van der Waals surface area contributed by atoms with Crippen molar-refractivity contribution in [3.8, 4) is 0 Å². The van der Waals surface area contributed by atoms with Gasteiger partial charge in [-0.25, -0.2) is 27.3 Å². The summed E-state index contributed by atoms with van der Waals surface area (Å²) in [4.78, 5) is 89.4. The lowest BCUT2D eigenvalue weighted by Crippen LogP contribution is -2.33. The van der Waals surface area contributed by atoms with Crippen molar-refractivity contribution in [2.45, 2.75) is 31.6 Å². The number of hydrogen-bond acceptors (Lipinski definition) is 7. The predicted octanol–water partition coefficient (Wildman–Crippen LogP) is -3.03. The summed E-state index contributed by atoms with van der Waals surface area (Å²) in [7, 11) is -13.9. The highest BCUT2D eigenvalue weighted by molar-refractivity contribution is 7.45. The number of aryl methyl sites for hydroxylation is 1. The molecule has 1 aromatic rings. The van der Waals surface area contributed by atoms with Crippen LogP contribution in [-0.2, 0) is 18.4 Å². The number of halogens is 2. The molecule has 196 valence electrons. The normalized spacial score (nSPS) is 19.8. The topological polar surface area (TPSA) is 318 Å². The molecule has 33 heavy (non-hydrogen) atoms. The molecule has 2 heterocycles. The number of H-pyrrole nitrogens is 1. The number of phosphoric acid groups is 3. The van der Waals surface area contributed by atoms with Gasteiger partial charge in [-0.3, -0.25) is 14.3 Å². The van der Waals surface area contributed by atoms with E-state index in [1.807, 2.05) is 4.98 Å². The molecule has 18 nitrogen and oxygen atoms in total. The van der Waals surface area contributed by atoms with Gasteiger partial charge in [-0.05, 0) is 6.92 Å². The highest BCUT2D eigenvalue weighted by Gasteiger charge is 2.50. The Bertz CT molecular complexity index is 936. The fourth-order valence-electron chi connectivity index (χ4n) is 1.84. The zero-order valence-electron chi connectivity index (χ0n) is 16.1. The molecule has 0 aliphatic carbocycles.